The lowest BCUT2D eigenvalue weighted by Gasteiger charge is -2.20. The van der Waals surface area contributed by atoms with E-state index in [0.717, 1.165) is 18.0 Å². The lowest BCUT2D eigenvalue weighted by atomic mass is 9.86. The zero-order chi connectivity index (χ0) is 9.54. The van der Waals surface area contributed by atoms with Crippen molar-refractivity contribution in [1.82, 2.24) is 9.88 Å². The molecular formula is C12H18N2. The number of hydrogen-bond donors (Lipinski definition) is 1. The van der Waals surface area contributed by atoms with Crippen molar-refractivity contribution in [3.8, 4) is 0 Å². The van der Waals surface area contributed by atoms with Gasteiger partial charge in [0.2, 0.25) is 0 Å². The van der Waals surface area contributed by atoms with Crippen LogP contribution >= 0.6 is 0 Å². The molecule has 2 fully saturated rings. The summed E-state index contributed by atoms with van der Waals surface area (Å²) in [6.45, 7) is 0. The first-order valence-electron chi connectivity index (χ1n) is 5.69. The Kier molecular flexibility index (Phi) is 1.91. The normalized spacial score (nSPS) is 36.8. The van der Waals surface area contributed by atoms with Gasteiger partial charge in [0.1, 0.15) is 0 Å². The van der Waals surface area contributed by atoms with E-state index in [9.17, 15) is 0 Å². The second-order valence-corrected chi connectivity index (χ2v) is 4.86. The standard InChI is InChI=1S/C12H18N2/c1-14-11-4-5-12(14)9(8-11)7-10-3-2-6-13-10/h2-3,6,9,11-13H,4-5,7-8H2,1H3. The van der Waals surface area contributed by atoms with Gasteiger partial charge < -0.3 is 9.88 Å². The summed E-state index contributed by atoms with van der Waals surface area (Å²) in [6.07, 6.45) is 7.56. The maximum absolute atomic E-state index is 3.32. The van der Waals surface area contributed by atoms with Gasteiger partial charge in [0, 0.05) is 24.0 Å². The van der Waals surface area contributed by atoms with Gasteiger partial charge in [0.25, 0.3) is 0 Å². The topological polar surface area (TPSA) is 19.0 Å². The first-order chi connectivity index (χ1) is 6.84. The van der Waals surface area contributed by atoms with Crippen LogP contribution in [-0.4, -0.2) is 29.0 Å². The van der Waals surface area contributed by atoms with E-state index in [1.54, 1.807) is 0 Å². The van der Waals surface area contributed by atoms with Crippen LogP contribution in [0, 0.1) is 5.92 Å². The highest BCUT2D eigenvalue weighted by atomic mass is 15.2. The summed E-state index contributed by atoms with van der Waals surface area (Å²) in [5, 5.41) is 0. The Bertz CT molecular complexity index is 304. The van der Waals surface area contributed by atoms with Crippen LogP contribution < -0.4 is 0 Å². The van der Waals surface area contributed by atoms with Crippen molar-refractivity contribution in [3.63, 3.8) is 0 Å². The van der Waals surface area contributed by atoms with Gasteiger partial charge >= 0.3 is 0 Å². The Labute approximate surface area is 85.3 Å². The number of hydrogen-bond acceptors (Lipinski definition) is 1. The van der Waals surface area contributed by atoms with E-state index in [2.05, 4.69) is 29.1 Å². The Morgan fingerprint density at radius 3 is 3.00 bits per heavy atom. The van der Waals surface area contributed by atoms with E-state index in [-0.39, 0.29) is 0 Å². The molecule has 1 aromatic rings. The highest BCUT2D eigenvalue weighted by molar-refractivity contribution is 5.08. The molecule has 2 heteroatoms. The van der Waals surface area contributed by atoms with Gasteiger partial charge in [0.15, 0.2) is 0 Å². The van der Waals surface area contributed by atoms with E-state index in [1.807, 2.05) is 6.20 Å². The summed E-state index contributed by atoms with van der Waals surface area (Å²) in [5.41, 5.74) is 1.41. The zero-order valence-corrected chi connectivity index (χ0v) is 8.74. The van der Waals surface area contributed by atoms with Crippen molar-refractivity contribution in [2.24, 2.45) is 5.92 Å². The SMILES string of the molecule is CN1C2CCC1C(Cc1ccc[nH]1)C2. The summed E-state index contributed by atoms with van der Waals surface area (Å²) in [4.78, 5) is 5.92. The molecule has 2 bridgehead atoms. The van der Waals surface area contributed by atoms with Crippen molar-refractivity contribution in [2.75, 3.05) is 7.05 Å². The van der Waals surface area contributed by atoms with E-state index < -0.39 is 0 Å². The van der Waals surface area contributed by atoms with Crippen molar-refractivity contribution >= 4 is 0 Å². The maximum Gasteiger partial charge on any atom is 0.0150 e. The second-order valence-electron chi connectivity index (χ2n) is 4.86. The number of rotatable bonds is 2. The highest BCUT2D eigenvalue weighted by Crippen LogP contribution is 2.41. The molecular weight excluding hydrogens is 172 g/mol. The lowest BCUT2D eigenvalue weighted by molar-refractivity contribution is 0.288. The third-order valence-corrected chi connectivity index (χ3v) is 4.16. The molecule has 3 atom stereocenters. The molecule has 3 heterocycles. The summed E-state index contributed by atoms with van der Waals surface area (Å²) in [5.74, 6) is 0.900. The van der Waals surface area contributed by atoms with Gasteiger partial charge in [-0.3, -0.25) is 0 Å². The molecule has 1 N–H and O–H groups in total. The molecule has 76 valence electrons. The van der Waals surface area contributed by atoms with E-state index >= 15 is 0 Å². The predicted octanol–water partition coefficient (Wildman–Crippen LogP) is 2.04. The highest BCUT2D eigenvalue weighted by Gasteiger charge is 2.43. The molecule has 0 radical (unpaired) electrons. The number of fused-ring (bicyclic) bond motifs is 2. The summed E-state index contributed by atoms with van der Waals surface area (Å²) < 4.78 is 0. The molecule has 0 aliphatic carbocycles. The van der Waals surface area contributed by atoms with Gasteiger partial charge in [-0.2, -0.15) is 0 Å². The molecule has 14 heavy (non-hydrogen) atoms. The average molecular weight is 190 g/mol. The molecule has 2 aliphatic heterocycles. The smallest absolute Gasteiger partial charge is 0.0150 e. The van der Waals surface area contributed by atoms with E-state index in [0.29, 0.717) is 0 Å². The molecule has 3 rings (SSSR count). The van der Waals surface area contributed by atoms with Crippen LogP contribution in [-0.2, 0) is 6.42 Å². The summed E-state index contributed by atoms with van der Waals surface area (Å²) in [7, 11) is 2.30. The van der Waals surface area contributed by atoms with Crippen LogP contribution in [0.1, 0.15) is 25.0 Å². The molecule has 0 amide bonds. The zero-order valence-electron chi connectivity index (χ0n) is 8.74. The van der Waals surface area contributed by atoms with Crippen molar-refractivity contribution in [2.45, 2.75) is 37.8 Å². The summed E-state index contributed by atoms with van der Waals surface area (Å²) >= 11 is 0. The number of nitrogens with zero attached hydrogens (tertiary/aromatic N) is 1. The Balaban J connectivity index is 1.71. The lowest BCUT2D eigenvalue weighted by Crippen LogP contribution is -2.26. The molecule has 2 aliphatic rings. The third kappa shape index (κ3) is 1.21. The van der Waals surface area contributed by atoms with Crippen LogP contribution in [0.5, 0.6) is 0 Å². The molecule has 3 unspecified atom stereocenters. The first-order valence-corrected chi connectivity index (χ1v) is 5.69. The Morgan fingerprint density at radius 1 is 1.50 bits per heavy atom. The fourth-order valence-electron chi connectivity index (χ4n) is 3.40. The molecule has 0 aromatic carbocycles. The first kappa shape index (κ1) is 8.54. The summed E-state index contributed by atoms with van der Waals surface area (Å²) in [6, 6.07) is 6.07. The third-order valence-electron chi connectivity index (χ3n) is 4.16. The van der Waals surface area contributed by atoms with Crippen molar-refractivity contribution in [1.29, 1.82) is 0 Å². The van der Waals surface area contributed by atoms with Crippen LogP contribution in [0.2, 0.25) is 0 Å². The largest absolute Gasteiger partial charge is 0.365 e. The molecule has 0 saturated carbocycles. The minimum Gasteiger partial charge on any atom is -0.365 e. The van der Waals surface area contributed by atoms with Gasteiger partial charge in [-0.15, -0.1) is 0 Å². The molecule has 0 spiro atoms. The molecule has 1 aromatic heterocycles. The van der Waals surface area contributed by atoms with Crippen LogP contribution in [0.3, 0.4) is 0 Å². The fourth-order valence-corrected chi connectivity index (χ4v) is 3.40. The van der Waals surface area contributed by atoms with Crippen LogP contribution in [0.4, 0.5) is 0 Å². The van der Waals surface area contributed by atoms with Gasteiger partial charge in [-0.1, -0.05) is 0 Å². The molecule has 2 nitrogen and oxygen atoms in total. The van der Waals surface area contributed by atoms with Crippen molar-refractivity contribution < 1.29 is 0 Å². The quantitative estimate of drug-likeness (QED) is 0.756. The Hall–Kier alpha value is -0.760. The minimum absolute atomic E-state index is 0.864. The van der Waals surface area contributed by atoms with Crippen molar-refractivity contribution in [3.05, 3.63) is 24.0 Å². The molecule has 2 saturated heterocycles. The van der Waals surface area contributed by atoms with Gasteiger partial charge in [0.05, 0.1) is 0 Å². The van der Waals surface area contributed by atoms with Crippen LogP contribution in [0.15, 0.2) is 18.3 Å². The van der Waals surface area contributed by atoms with E-state index in [4.69, 9.17) is 0 Å². The number of aromatic nitrogens is 1. The van der Waals surface area contributed by atoms with Crippen LogP contribution in [0.25, 0.3) is 0 Å². The average Bonchev–Trinajstić information content (AvgIpc) is 2.85. The predicted molar refractivity (Wildman–Crippen MR) is 57.2 cm³/mol. The maximum atomic E-state index is 3.32. The Morgan fingerprint density at radius 2 is 2.43 bits per heavy atom. The number of H-pyrrole nitrogens is 1. The number of nitrogens with one attached hydrogen (secondary N) is 1. The fraction of sp³-hybridized carbons (Fsp3) is 0.667. The van der Waals surface area contributed by atoms with E-state index in [1.165, 1.54) is 31.4 Å². The minimum atomic E-state index is 0.864. The number of aromatic amines is 1. The second kappa shape index (κ2) is 3.13. The van der Waals surface area contributed by atoms with Gasteiger partial charge in [-0.05, 0) is 50.8 Å². The van der Waals surface area contributed by atoms with Gasteiger partial charge in [-0.25, -0.2) is 0 Å². The monoisotopic (exact) mass is 190 g/mol.